The lowest BCUT2D eigenvalue weighted by atomic mass is 10.1. The molecule has 1 aromatic carbocycles. The summed E-state index contributed by atoms with van der Waals surface area (Å²) in [5.74, 6) is 0.760. The Hall–Kier alpha value is -1.26. The average molecular weight is 236 g/mol. The number of benzene rings is 1. The lowest BCUT2D eigenvalue weighted by Crippen LogP contribution is -2.19. The van der Waals surface area contributed by atoms with Crippen molar-refractivity contribution in [1.82, 2.24) is 0 Å². The number of ether oxygens (including phenoxy) is 1. The summed E-state index contributed by atoms with van der Waals surface area (Å²) < 4.78 is 5.35. The van der Waals surface area contributed by atoms with Gasteiger partial charge in [0.15, 0.2) is 0 Å². The van der Waals surface area contributed by atoms with Crippen LogP contribution >= 0.6 is 0 Å². The van der Waals surface area contributed by atoms with E-state index in [1.807, 2.05) is 12.1 Å². The highest BCUT2D eigenvalue weighted by atomic mass is 16.5. The second-order valence-electron chi connectivity index (χ2n) is 4.41. The van der Waals surface area contributed by atoms with Crippen LogP contribution in [0, 0.1) is 0 Å². The van der Waals surface area contributed by atoms with Crippen molar-refractivity contribution in [3.63, 3.8) is 0 Å². The number of hydrogen-bond acceptors (Lipinski definition) is 4. The molecule has 1 aliphatic heterocycles. The van der Waals surface area contributed by atoms with Crippen molar-refractivity contribution in [2.45, 2.75) is 18.9 Å². The van der Waals surface area contributed by atoms with Crippen LogP contribution in [0.1, 0.15) is 24.4 Å². The average Bonchev–Trinajstić information content (AvgIpc) is 2.91. The van der Waals surface area contributed by atoms with Crippen molar-refractivity contribution in [2.24, 2.45) is 5.73 Å². The van der Waals surface area contributed by atoms with E-state index >= 15 is 0 Å². The van der Waals surface area contributed by atoms with E-state index < -0.39 is 0 Å². The standard InChI is InChI=1S/C13H20N2O2/c1-17-13-8-10(15-6-2-3-7-15)4-5-11(13)12(14)9-16/h4-5,8,12,16H,2-3,6-7,9,14H2,1H3/t12-/m0/s1. The number of anilines is 1. The van der Waals surface area contributed by atoms with Gasteiger partial charge >= 0.3 is 0 Å². The molecular formula is C13H20N2O2. The van der Waals surface area contributed by atoms with E-state index in [1.54, 1.807) is 7.11 Å². The Morgan fingerprint density at radius 2 is 2.12 bits per heavy atom. The van der Waals surface area contributed by atoms with Crippen molar-refractivity contribution >= 4 is 5.69 Å². The first kappa shape index (κ1) is 12.2. The van der Waals surface area contributed by atoms with Crippen LogP contribution in [0.2, 0.25) is 0 Å². The van der Waals surface area contributed by atoms with Gasteiger partial charge in [0.2, 0.25) is 0 Å². The van der Waals surface area contributed by atoms with Gasteiger partial charge in [-0.15, -0.1) is 0 Å². The minimum Gasteiger partial charge on any atom is -0.496 e. The highest BCUT2D eigenvalue weighted by Crippen LogP contribution is 2.30. The fourth-order valence-corrected chi connectivity index (χ4v) is 2.28. The molecule has 4 nitrogen and oxygen atoms in total. The number of rotatable bonds is 4. The number of aliphatic hydroxyl groups is 1. The molecule has 3 N–H and O–H groups in total. The van der Waals surface area contributed by atoms with E-state index in [2.05, 4.69) is 11.0 Å². The third-order valence-electron chi connectivity index (χ3n) is 3.28. The Bertz CT molecular complexity index is 376. The highest BCUT2D eigenvalue weighted by molar-refractivity contribution is 5.55. The van der Waals surface area contributed by atoms with Crippen LogP contribution in [-0.4, -0.2) is 31.9 Å². The fourth-order valence-electron chi connectivity index (χ4n) is 2.28. The molecule has 0 aliphatic carbocycles. The molecule has 1 aromatic rings. The molecule has 1 saturated heterocycles. The summed E-state index contributed by atoms with van der Waals surface area (Å²) in [7, 11) is 1.64. The Kier molecular flexibility index (Phi) is 3.86. The molecule has 0 spiro atoms. The van der Waals surface area contributed by atoms with Gasteiger partial charge in [-0.25, -0.2) is 0 Å². The first-order chi connectivity index (χ1) is 8.26. The van der Waals surface area contributed by atoms with Crippen LogP contribution in [0.5, 0.6) is 5.75 Å². The molecule has 0 bridgehead atoms. The van der Waals surface area contributed by atoms with Crippen LogP contribution < -0.4 is 15.4 Å². The van der Waals surface area contributed by atoms with E-state index in [9.17, 15) is 0 Å². The summed E-state index contributed by atoms with van der Waals surface area (Å²) in [6.45, 7) is 2.14. The molecule has 1 fully saturated rings. The predicted molar refractivity (Wildman–Crippen MR) is 68.5 cm³/mol. The first-order valence-electron chi connectivity index (χ1n) is 6.05. The molecule has 2 rings (SSSR count). The topological polar surface area (TPSA) is 58.7 Å². The van der Waals surface area contributed by atoms with E-state index in [4.69, 9.17) is 15.6 Å². The molecule has 4 heteroatoms. The number of nitrogens with zero attached hydrogens (tertiary/aromatic N) is 1. The third kappa shape index (κ3) is 2.53. The van der Waals surface area contributed by atoms with Gasteiger partial charge in [0, 0.05) is 30.4 Å². The Labute approximate surface area is 102 Å². The van der Waals surface area contributed by atoms with E-state index in [1.165, 1.54) is 18.5 Å². The zero-order chi connectivity index (χ0) is 12.3. The van der Waals surface area contributed by atoms with Gasteiger partial charge < -0.3 is 20.5 Å². The minimum absolute atomic E-state index is 0.0700. The summed E-state index contributed by atoms with van der Waals surface area (Å²) in [4.78, 5) is 2.34. The van der Waals surface area contributed by atoms with Gasteiger partial charge in [-0.3, -0.25) is 0 Å². The molecule has 1 atom stereocenters. The third-order valence-corrected chi connectivity index (χ3v) is 3.28. The lowest BCUT2D eigenvalue weighted by molar-refractivity contribution is 0.264. The Morgan fingerprint density at radius 3 is 2.71 bits per heavy atom. The molecule has 17 heavy (non-hydrogen) atoms. The largest absolute Gasteiger partial charge is 0.496 e. The quantitative estimate of drug-likeness (QED) is 0.827. The van der Waals surface area contributed by atoms with E-state index in [0.717, 1.165) is 24.4 Å². The van der Waals surface area contributed by atoms with Crippen molar-refractivity contribution in [3.8, 4) is 5.75 Å². The van der Waals surface area contributed by atoms with Gasteiger partial charge in [-0.1, -0.05) is 6.07 Å². The molecule has 0 radical (unpaired) electrons. The SMILES string of the molecule is COc1cc(N2CCCC2)ccc1[C@@H](N)CO. The van der Waals surface area contributed by atoms with Crippen LogP contribution in [0.15, 0.2) is 18.2 Å². The van der Waals surface area contributed by atoms with Crippen LogP contribution in [-0.2, 0) is 0 Å². The summed E-state index contributed by atoms with van der Waals surface area (Å²) in [6.07, 6.45) is 2.50. The number of aliphatic hydroxyl groups excluding tert-OH is 1. The fraction of sp³-hybridized carbons (Fsp3) is 0.538. The van der Waals surface area contributed by atoms with E-state index in [-0.39, 0.29) is 12.6 Å². The molecule has 0 aromatic heterocycles. The van der Waals surface area contributed by atoms with Crippen molar-refractivity contribution in [2.75, 3.05) is 31.7 Å². The predicted octanol–water partition coefficient (Wildman–Crippen LogP) is 1.29. The summed E-state index contributed by atoms with van der Waals surface area (Å²) >= 11 is 0. The van der Waals surface area contributed by atoms with Gasteiger partial charge in [-0.2, -0.15) is 0 Å². The highest BCUT2D eigenvalue weighted by Gasteiger charge is 2.16. The minimum atomic E-state index is -0.377. The molecule has 94 valence electrons. The Morgan fingerprint density at radius 1 is 1.41 bits per heavy atom. The smallest absolute Gasteiger partial charge is 0.125 e. The van der Waals surface area contributed by atoms with Gasteiger partial charge in [-0.05, 0) is 18.9 Å². The molecule has 0 saturated carbocycles. The maximum atomic E-state index is 9.10. The summed E-state index contributed by atoms with van der Waals surface area (Å²) in [6, 6.07) is 5.64. The summed E-state index contributed by atoms with van der Waals surface area (Å²) in [5, 5.41) is 9.10. The van der Waals surface area contributed by atoms with Crippen molar-refractivity contribution < 1.29 is 9.84 Å². The van der Waals surface area contributed by atoms with Crippen LogP contribution in [0.4, 0.5) is 5.69 Å². The first-order valence-corrected chi connectivity index (χ1v) is 6.05. The number of nitrogens with two attached hydrogens (primary N) is 1. The normalized spacial score (nSPS) is 17.2. The summed E-state index contributed by atoms with van der Waals surface area (Å²) in [5.41, 5.74) is 7.86. The molecular weight excluding hydrogens is 216 g/mol. The second kappa shape index (κ2) is 5.38. The van der Waals surface area contributed by atoms with Gasteiger partial charge in [0.25, 0.3) is 0 Å². The maximum Gasteiger partial charge on any atom is 0.125 e. The maximum absolute atomic E-state index is 9.10. The number of methoxy groups -OCH3 is 1. The zero-order valence-electron chi connectivity index (χ0n) is 10.2. The monoisotopic (exact) mass is 236 g/mol. The lowest BCUT2D eigenvalue weighted by Gasteiger charge is -2.21. The van der Waals surface area contributed by atoms with Crippen molar-refractivity contribution in [3.05, 3.63) is 23.8 Å². The van der Waals surface area contributed by atoms with Crippen LogP contribution in [0.3, 0.4) is 0 Å². The molecule has 0 unspecified atom stereocenters. The van der Waals surface area contributed by atoms with E-state index in [0.29, 0.717) is 0 Å². The van der Waals surface area contributed by atoms with Crippen LogP contribution in [0.25, 0.3) is 0 Å². The Balaban J connectivity index is 2.26. The van der Waals surface area contributed by atoms with Gasteiger partial charge in [0.05, 0.1) is 19.8 Å². The molecule has 0 amide bonds. The number of hydrogen-bond donors (Lipinski definition) is 2. The van der Waals surface area contributed by atoms with Crippen molar-refractivity contribution in [1.29, 1.82) is 0 Å². The molecule has 1 aliphatic rings. The van der Waals surface area contributed by atoms with Gasteiger partial charge in [0.1, 0.15) is 5.75 Å². The second-order valence-corrected chi connectivity index (χ2v) is 4.41. The molecule has 1 heterocycles. The zero-order valence-corrected chi connectivity index (χ0v) is 10.2.